The summed E-state index contributed by atoms with van der Waals surface area (Å²) in [5.41, 5.74) is 0. The molecule has 0 aromatic rings. The Morgan fingerprint density at radius 3 is 1.87 bits per heavy atom. The van der Waals surface area contributed by atoms with Crippen LogP contribution >= 0.6 is 0 Å². The maximum Gasteiger partial charge on any atom is 0.438 e. The number of halogens is 6. The lowest BCUT2D eigenvalue weighted by atomic mass is 10.2. The van der Waals surface area contributed by atoms with E-state index in [2.05, 4.69) is 8.92 Å². The van der Waals surface area contributed by atoms with Gasteiger partial charge in [0.15, 0.2) is 0 Å². The van der Waals surface area contributed by atoms with E-state index in [-0.39, 0.29) is 0 Å². The Hall–Kier alpha value is -0.550. The number of ether oxygens (including phenoxy) is 1. The topological polar surface area (TPSA) is 52.6 Å². The van der Waals surface area contributed by atoms with Crippen LogP contribution < -0.4 is 0 Å². The van der Waals surface area contributed by atoms with Gasteiger partial charge in [-0.2, -0.15) is 26.0 Å². The van der Waals surface area contributed by atoms with Crippen LogP contribution in [0.4, 0.5) is 25.8 Å². The highest BCUT2D eigenvalue weighted by molar-refractivity contribution is 7.81. The summed E-state index contributed by atoms with van der Waals surface area (Å²) in [7, 11) is -6.00. The lowest BCUT2D eigenvalue weighted by Gasteiger charge is -2.14. The van der Waals surface area contributed by atoms with Crippen molar-refractivity contribution in [2.24, 2.45) is 0 Å². The van der Waals surface area contributed by atoms with E-state index in [1.807, 2.05) is 0 Å². The fourth-order valence-electron chi connectivity index (χ4n) is 0.871. The number of hydrogen-bond acceptors (Lipinski definition) is 4. The van der Waals surface area contributed by atoms with Crippen molar-refractivity contribution in [1.29, 1.82) is 0 Å². The van der Waals surface area contributed by atoms with Gasteiger partial charge in [0, 0.05) is 0 Å². The lowest BCUT2D eigenvalue weighted by molar-refractivity contribution is -0.343. The van der Waals surface area contributed by atoms with Crippen LogP contribution in [0, 0.1) is 0 Å². The molecule has 15 heavy (non-hydrogen) atoms. The molecule has 0 spiro atoms. The van der Waals surface area contributed by atoms with Crippen LogP contribution in [0.15, 0.2) is 0 Å². The van der Waals surface area contributed by atoms with E-state index in [1.54, 1.807) is 0 Å². The van der Waals surface area contributed by atoms with Crippen molar-refractivity contribution in [2.45, 2.75) is 24.5 Å². The van der Waals surface area contributed by atoms with Crippen molar-refractivity contribution in [1.82, 2.24) is 0 Å². The van der Waals surface area contributed by atoms with E-state index in [1.165, 1.54) is 0 Å². The van der Waals surface area contributed by atoms with Crippen LogP contribution in [0.5, 0.6) is 0 Å². The van der Waals surface area contributed by atoms with Crippen molar-refractivity contribution < 1.29 is 43.2 Å². The average molecular weight is 260 g/mol. The van der Waals surface area contributed by atoms with Gasteiger partial charge < -0.3 is 0 Å². The van der Waals surface area contributed by atoms with Crippen LogP contribution in [-0.2, 0) is 19.4 Å². The zero-order chi connectivity index (χ0) is 12.1. The molecule has 0 N–H and O–H groups in total. The molecule has 4 nitrogen and oxygen atoms in total. The smallest absolute Gasteiger partial charge is 0.251 e. The van der Waals surface area contributed by atoms with E-state index in [4.69, 9.17) is 0 Å². The number of hydrogen-bond donors (Lipinski definition) is 0. The van der Waals surface area contributed by atoms with Crippen molar-refractivity contribution in [3.63, 3.8) is 0 Å². The molecular weight excluding hydrogens is 258 g/mol. The third-order valence-corrected chi connectivity index (χ3v) is 1.85. The largest absolute Gasteiger partial charge is 0.438 e. The number of alkyl halides is 5. The first-order valence-corrected chi connectivity index (χ1v) is 4.49. The molecule has 0 aromatic heterocycles. The monoisotopic (exact) mass is 260 g/mol. The molecule has 1 rings (SSSR count). The van der Waals surface area contributed by atoms with Gasteiger partial charge in [0.25, 0.3) is 0 Å². The standard InChI is InChI=1S/C4H2F6O4S/c5-1-2(13-15(10,11)12)4(8,9)14-3(1,6)7/h1-2H/t1-,2-/m1/s1. The van der Waals surface area contributed by atoms with Crippen LogP contribution in [0.2, 0.25) is 0 Å². The van der Waals surface area contributed by atoms with E-state index in [0.717, 1.165) is 0 Å². The predicted octanol–water partition coefficient (Wildman–Crippen LogP) is 1.14. The highest BCUT2D eigenvalue weighted by Crippen LogP contribution is 2.46. The van der Waals surface area contributed by atoms with E-state index in [9.17, 15) is 34.3 Å². The molecule has 0 radical (unpaired) electrons. The molecule has 11 heteroatoms. The van der Waals surface area contributed by atoms with Gasteiger partial charge in [0.1, 0.15) is 0 Å². The zero-order valence-corrected chi connectivity index (χ0v) is 7.28. The molecule has 1 heterocycles. The first-order chi connectivity index (χ1) is 6.46. The van der Waals surface area contributed by atoms with Crippen LogP contribution in [0.1, 0.15) is 0 Å². The zero-order valence-electron chi connectivity index (χ0n) is 6.46. The Bertz CT molecular complexity index is 352. The normalized spacial score (nSPS) is 34.3. The molecule has 90 valence electrons. The molecule has 0 bridgehead atoms. The fourth-order valence-corrected chi connectivity index (χ4v) is 1.33. The summed E-state index contributed by atoms with van der Waals surface area (Å²) in [5, 5.41) is 0. The van der Waals surface area contributed by atoms with Gasteiger partial charge in [-0.15, -0.1) is 0 Å². The Balaban J connectivity index is 2.98. The second kappa shape index (κ2) is 3.22. The third-order valence-electron chi connectivity index (χ3n) is 1.41. The fraction of sp³-hybridized carbons (Fsp3) is 1.00. The van der Waals surface area contributed by atoms with Gasteiger partial charge in [-0.05, 0) is 0 Å². The maximum atomic E-state index is 12.5. The van der Waals surface area contributed by atoms with Gasteiger partial charge in [-0.1, -0.05) is 3.89 Å². The van der Waals surface area contributed by atoms with Gasteiger partial charge >= 0.3 is 22.7 Å². The minimum absolute atomic E-state index is 2.61. The van der Waals surface area contributed by atoms with E-state index < -0.39 is 35.0 Å². The van der Waals surface area contributed by atoms with Gasteiger partial charge in [-0.25, -0.2) is 8.57 Å². The molecule has 1 aliphatic rings. The van der Waals surface area contributed by atoms with Crippen LogP contribution in [0.3, 0.4) is 0 Å². The first-order valence-electron chi connectivity index (χ1n) is 3.18. The Morgan fingerprint density at radius 1 is 1.13 bits per heavy atom. The van der Waals surface area contributed by atoms with Gasteiger partial charge in [-0.3, -0.25) is 4.74 Å². The highest BCUT2D eigenvalue weighted by Gasteiger charge is 2.70. The minimum Gasteiger partial charge on any atom is -0.251 e. The molecular formula is C4H2F6O4S. The molecule has 1 saturated heterocycles. The average Bonchev–Trinajstić information content (AvgIpc) is 2.06. The molecule has 1 fully saturated rings. The minimum atomic E-state index is -6.00. The summed E-state index contributed by atoms with van der Waals surface area (Å²) in [6.45, 7) is 0. The van der Waals surface area contributed by atoms with Crippen LogP contribution in [-0.4, -0.2) is 32.9 Å². The Labute approximate surface area is 79.2 Å². The SMILES string of the molecule is O=S(=O)(F)O[C@@H]1[C@@H](F)C(F)(F)OC1(F)F. The van der Waals surface area contributed by atoms with Crippen LogP contribution in [0.25, 0.3) is 0 Å². The summed E-state index contributed by atoms with van der Waals surface area (Å²) in [5.74, 6) is 0. The first kappa shape index (κ1) is 12.5. The predicted molar refractivity (Wildman–Crippen MR) is 30.8 cm³/mol. The summed E-state index contributed by atoms with van der Waals surface area (Å²) < 4.78 is 98.3. The highest BCUT2D eigenvalue weighted by atomic mass is 32.3. The maximum absolute atomic E-state index is 12.5. The van der Waals surface area contributed by atoms with E-state index >= 15 is 0 Å². The molecule has 0 aromatic carbocycles. The Morgan fingerprint density at radius 2 is 1.60 bits per heavy atom. The van der Waals surface area contributed by atoms with E-state index in [0.29, 0.717) is 0 Å². The Kier molecular flexibility index (Phi) is 2.69. The quantitative estimate of drug-likeness (QED) is 0.552. The molecule has 2 atom stereocenters. The molecule has 0 aliphatic carbocycles. The molecule has 0 unspecified atom stereocenters. The molecule has 0 amide bonds. The van der Waals surface area contributed by atoms with Gasteiger partial charge in [0.2, 0.25) is 12.3 Å². The summed E-state index contributed by atoms with van der Waals surface area (Å²) >= 11 is 0. The second-order valence-electron chi connectivity index (χ2n) is 2.54. The van der Waals surface area contributed by atoms with Gasteiger partial charge in [0.05, 0.1) is 0 Å². The summed E-state index contributed by atoms with van der Waals surface area (Å²) in [6.07, 6.45) is -17.2. The molecule has 1 aliphatic heterocycles. The summed E-state index contributed by atoms with van der Waals surface area (Å²) in [4.78, 5) is 0. The molecule has 0 saturated carbocycles. The summed E-state index contributed by atoms with van der Waals surface area (Å²) in [6, 6.07) is 0. The third kappa shape index (κ3) is 2.52. The van der Waals surface area contributed by atoms with Crippen molar-refractivity contribution in [3.8, 4) is 0 Å². The number of rotatable bonds is 2. The lowest BCUT2D eigenvalue weighted by Crippen LogP contribution is -2.38. The van der Waals surface area contributed by atoms with Crippen molar-refractivity contribution in [2.75, 3.05) is 0 Å². The van der Waals surface area contributed by atoms with Crippen molar-refractivity contribution >= 4 is 10.5 Å². The second-order valence-corrected chi connectivity index (χ2v) is 3.52. The van der Waals surface area contributed by atoms with Crippen molar-refractivity contribution in [3.05, 3.63) is 0 Å².